The minimum Gasteiger partial charge on any atom is -0.394 e. The van der Waals surface area contributed by atoms with Crippen LogP contribution in [-0.2, 0) is 11.2 Å². The van der Waals surface area contributed by atoms with Gasteiger partial charge in [-0.2, -0.15) is 5.26 Å². The minimum atomic E-state index is -1.03. The molecule has 0 saturated carbocycles. The van der Waals surface area contributed by atoms with Gasteiger partial charge >= 0.3 is 0 Å². The Morgan fingerprint density at radius 3 is 2.37 bits per heavy atom. The van der Waals surface area contributed by atoms with Crippen LogP contribution in [0, 0.1) is 11.3 Å². The summed E-state index contributed by atoms with van der Waals surface area (Å²) in [7, 11) is 0. The maximum atomic E-state index is 11.4. The fourth-order valence-corrected chi connectivity index (χ4v) is 3.16. The number of hydrogen-bond donors (Lipinski definition) is 3. The standard InChI is InChI=1S/C22H23N5O3/c1-16(30)24-22(14-28,15-29)11-10-17-2-6-19(7-3-17)21-13-27(26-25-21)20-8-4-18(12-23)5-9-20/h2-9,13,28-29H,10-11,14-15H2,1H3,(H,24,30). The molecule has 30 heavy (non-hydrogen) atoms. The summed E-state index contributed by atoms with van der Waals surface area (Å²) in [6.07, 6.45) is 2.81. The lowest BCUT2D eigenvalue weighted by Crippen LogP contribution is -2.53. The molecule has 0 aliphatic rings. The van der Waals surface area contributed by atoms with E-state index in [2.05, 4.69) is 21.7 Å². The van der Waals surface area contributed by atoms with Crippen LogP contribution >= 0.6 is 0 Å². The van der Waals surface area contributed by atoms with Gasteiger partial charge in [-0.05, 0) is 42.7 Å². The molecule has 0 aliphatic heterocycles. The summed E-state index contributed by atoms with van der Waals surface area (Å²) in [5.74, 6) is -0.293. The second kappa shape index (κ2) is 9.31. The number of aromatic nitrogens is 3. The van der Waals surface area contributed by atoms with Gasteiger partial charge in [0.25, 0.3) is 0 Å². The normalized spacial score (nSPS) is 11.1. The van der Waals surface area contributed by atoms with Gasteiger partial charge in [0.15, 0.2) is 0 Å². The highest BCUT2D eigenvalue weighted by Gasteiger charge is 2.29. The maximum Gasteiger partial charge on any atom is 0.217 e. The minimum absolute atomic E-state index is 0.293. The molecule has 8 nitrogen and oxygen atoms in total. The van der Waals surface area contributed by atoms with Crippen molar-refractivity contribution in [1.82, 2.24) is 20.3 Å². The van der Waals surface area contributed by atoms with E-state index in [4.69, 9.17) is 5.26 Å². The highest BCUT2D eigenvalue weighted by molar-refractivity contribution is 5.73. The lowest BCUT2D eigenvalue weighted by atomic mass is 9.92. The predicted molar refractivity (Wildman–Crippen MR) is 111 cm³/mol. The summed E-state index contributed by atoms with van der Waals surface area (Å²) in [5, 5.41) is 39.1. The van der Waals surface area contributed by atoms with Gasteiger partial charge < -0.3 is 15.5 Å². The molecular formula is C22H23N5O3. The van der Waals surface area contributed by atoms with E-state index < -0.39 is 5.54 Å². The number of hydrogen-bond acceptors (Lipinski definition) is 6. The van der Waals surface area contributed by atoms with E-state index in [0.29, 0.717) is 24.1 Å². The monoisotopic (exact) mass is 405 g/mol. The highest BCUT2D eigenvalue weighted by atomic mass is 16.3. The summed E-state index contributed by atoms with van der Waals surface area (Å²) >= 11 is 0. The first-order valence-corrected chi connectivity index (χ1v) is 9.51. The van der Waals surface area contributed by atoms with Crippen molar-refractivity contribution < 1.29 is 15.0 Å². The number of aliphatic hydroxyl groups excluding tert-OH is 2. The molecule has 0 bridgehead atoms. The molecule has 154 valence electrons. The molecule has 3 N–H and O–H groups in total. The molecule has 3 rings (SSSR count). The van der Waals surface area contributed by atoms with Crippen LogP contribution in [0.25, 0.3) is 16.9 Å². The van der Waals surface area contributed by atoms with Crippen LogP contribution in [0.15, 0.2) is 54.7 Å². The molecule has 3 aromatic rings. The summed E-state index contributed by atoms with van der Waals surface area (Å²) in [5.41, 5.74) is 2.98. The molecule has 1 aromatic heterocycles. The Labute approximate surface area is 174 Å². The number of rotatable bonds is 8. The molecule has 1 heterocycles. The fourth-order valence-electron chi connectivity index (χ4n) is 3.16. The molecule has 0 unspecified atom stereocenters. The smallest absolute Gasteiger partial charge is 0.217 e. The zero-order valence-electron chi connectivity index (χ0n) is 16.6. The van der Waals surface area contributed by atoms with E-state index in [1.807, 2.05) is 42.6 Å². The Kier molecular flexibility index (Phi) is 6.57. The summed E-state index contributed by atoms with van der Waals surface area (Å²) in [6, 6.07) is 16.9. The predicted octanol–water partition coefficient (Wildman–Crippen LogP) is 1.60. The summed E-state index contributed by atoms with van der Waals surface area (Å²) < 4.78 is 1.65. The van der Waals surface area contributed by atoms with E-state index in [0.717, 1.165) is 16.8 Å². The quantitative estimate of drug-likeness (QED) is 0.523. The van der Waals surface area contributed by atoms with Crippen molar-refractivity contribution >= 4 is 5.91 Å². The van der Waals surface area contributed by atoms with Crippen molar-refractivity contribution in [1.29, 1.82) is 5.26 Å². The Hall–Kier alpha value is -3.54. The third kappa shape index (κ3) is 4.89. The Morgan fingerprint density at radius 1 is 1.13 bits per heavy atom. The first-order chi connectivity index (χ1) is 14.5. The number of nitrogens with zero attached hydrogens (tertiary/aromatic N) is 4. The molecule has 0 spiro atoms. The van der Waals surface area contributed by atoms with Crippen LogP contribution in [0.1, 0.15) is 24.5 Å². The third-order valence-corrected chi connectivity index (χ3v) is 4.94. The Morgan fingerprint density at radius 2 is 1.80 bits per heavy atom. The van der Waals surface area contributed by atoms with Crippen molar-refractivity contribution in [3.8, 4) is 23.0 Å². The summed E-state index contributed by atoms with van der Waals surface area (Å²) in [6.45, 7) is 0.694. The van der Waals surface area contributed by atoms with Gasteiger partial charge in [0.05, 0.1) is 42.3 Å². The van der Waals surface area contributed by atoms with Gasteiger partial charge in [-0.3, -0.25) is 4.79 Å². The van der Waals surface area contributed by atoms with Gasteiger partial charge in [0.1, 0.15) is 5.69 Å². The van der Waals surface area contributed by atoms with Crippen LogP contribution in [-0.4, -0.2) is 49.9 Å². The lowest BCUT2D eigenvalue weighted by Gasteiger charge is -2.30. The molecule has 0 fully saturated rings. The number of benzene rings is 2. The van der Waals surface area contributed by atoms with Crippen molar-refractivity contribution in [2.75, 3.05) is 13.2 Å². The average Bonchev–Trinajstić information content (AvgIpc) is 3.27. The second-order valence-electron chi connectivity index (χ2n) is 7.18. The molecule has 0 atom stereocenters. The first-order valence-electron chi connectivity index (χ1n) is 9.51. The van der Waals surface area contributed by atoms with Crippen LogP contribution in [0.2, 0.25) is 0 Å². The van der Waals surface area contributed by atoms with E-state index in [9.17, 15) is 15.0 Å². The average molecular weight is 405 g/mol. The zero-order valence-corrected chi connectivity index (χ0v) is 16.6. The van der Waals surface area contributed by atoms with Crippen LogP contribution < -0.4 is 5.32 Å². The van der Waals surface area contributed by atoms with Crippen molar-refractivity contribution in [3.05, 3.63) is 65.9 Å². The van der Waals surface area contributed by atoms with Gasteiger partial charge in [0, 0.05) is 12.5 Å². The SMILES string of the molecule is CC(=O)NC(CO)(CO)CCc1ccc(-c2cn(-c3ccc(C#N)cc3)nn2)cc1. The molecular weight excluding hydrogens is 382 g/mol. The Bertz CT molecular complexity index is 1030. The zero-order chi connectivity index (χ0) is 21.6. The summed E-state index contributed by atoms with van der Waals surface area (Å²) in [4.78, 5) is 11.4. The van der Waals surface area contributed by atoms with Gasteiger partial charge in [-0.1, -0.05) is 29.5 Å². The molecule has 0 saturated heterocycles. The van der Waals surface area contributed by atoms with Gasteiger partial charge in [0.2, 0.25) is 5.91 Å². The van der Waals surface area contributed by atoms with Gasteiger partial charge in [-0.15, -0.1) is 5.10 Å². The number of aliphatic hydroxyl groups is 2. The molecule has 8 heteroatoms. The highest BCUT2D eigenvalue weighted by Crippen LogP contribution is 2.21. The maximum absolute atomic E-state index is 11.4. The number of aryl methyl sites for hydroxylation is 1. The van der Waals surface area contributed by atoms with Crippen LogP contribution in [0.3, 0.4) is 0 Å². The Balaban J connectivity index is 1.69. The largest absolute Gasteiger partial charge is 0.394 e. The molecule has 1 amide bonds. The van der Waals surface area contributed by atoms with Crippen molar-refractivity contribution in [2.24, 2.45) is 0 Å². The number of carbonyl (C=O) groups is 1. The second-order valence-corrected chi connectivity index (χ2v) is 7.18. The topological polar surface area (TPSA) is 124 Å². The number of amides is 1. The number of carbonyl (C=O) groups excluding carboxylic acids is 1. The first kappa shape index (κ1) is 21.2. The molecule has 2 aromatic carbocycles. The third-order valence-electron chi connectivity index (χ3n) is 4.94. The molecule has 0 radical (unpaired) electrons. The van der Waals surface area contributed by atoms with Crippen molar-refractivity contribution in [2.45, 2.75) is 25.3 Å². The van der Waals surface area contributed by atoms with E-state index >= 15 is 0 Å². The van der Waals surface area contributed by atoms with Gasteiger partial charge in [-0.25, -0.2) is 4.68 Å². The van der Waals surface area contributed by atoms with Crippen molar-refractivity contribution in [3.63, 3.8) is 0 Å². The van der Waals surface area contributed by atoms with Crippen LogP contribution in [0.4, 0.5) is 0 Å². The van der Waals surface area contributed by atoms with Crippen LogP contribution in [0.5, 0.6) is 0 Å². The van der Waals surface area contributed by atoms with E-state index in [-0.39, 0.29) is 19.1 Å². The number of nitriles is 1. The fraction of sp³-hybridized carbons (Fsp3) is 0.273. The number of nitrogens with one attached hydrogen (secondary N) is 1. The van der Waals surface area contributed by atoms with E-state index in [1.165, 1.54) is 6.92 Å². The molecule has 0 aliphatic carbocycles. The van der Waals surface area contributed by atoms with E-state index in [1.54, 1.807) is 16.8 Å². The lowest BCUT2D eigenvalue weighted by molar-refractivity contribution is -0.122.